The molecule has 1 rings (SSSR count). The Labute approximate surface area is 124 Å². The van der Waals surface area contributed by atoms with Crippen LogP contribution in [-0.4, -0.2) is 37.7 Å². The monoisotopic (exact) mass is 278 g/mol. The summed E-state index contributed by atoms with van der Waals surface area (Å²) in [6, 6.07) is 4.78. The Morgan fingerprint density at radius 2 is 1.75 bits per heavy atom. The standard InChI is InChI=1S/C17H30N2O/c1-6-19(8-9-20-7-2)16(12-18)17-14(4)10-13(3)11-15(17)5/h10-11,16H,6-9,12,18H2,1-5H3. The van der Waals surface area contributed by atoms with E-state index in [4.69, 9.17) is 10.5 Å². The van der Waals surface area contributed by atoms with Crippen LogP contribution < -0.4 is 5.73 Å². The van der Waals surface area contributed by atoms with Crippen molar-refractivity contribution in [1.29, 1.82) is 0 Å². The fourth-order valence-corrected chi connectivity index (χ4v) is 3.03. The van der Waals surface area contributed by atoms with Crippen LogP contribution in [0.1, 0.15) is 42.1 Å². The quantitative estimate of drug-likeness (QED) is 0.743. The van der Waals surface area contributed by atoms with Gasteiger partial charge in [-0.3, -0.25) is 4.90 Å². The van der Waals surface area contributed by atoms with E-state index in [9.17, 15) is 0 Å². The van der Waals surface area contributed by atoms with Crippen LogP contribution in [0.3, 0.4) is 0 Å². The maximum Gasteiger partial charge on any atom is 0.0593 e. The van der Waals surface area contributed by atoms with Gasteiger partial charge in [0.2, 0.25) is 0 Å². The van der Waals surface area contributed by atoms with Gasteiger partial charge in [-0.25, -0.2) is 0 Å². The van der Waals surface area contributed by atoms with Gasteiger partial charge in [-0.2, -0.15) is 0 Å². The summed E-state index contributed by atoms with van der Waals surface area (Å²) in [5.41, 5.74) is 11.5. The van der Waals surface area contributed by atoms with Crippen LogP contribution in [0.4, 0.5) is 0 Å². The maximum absolute atomic E-state index is 6.08. The van der Waals surface area contributed by atoms with Crippen molar-refractivity contribution in [3.05, 3.63) is 34.4 Å². The van der Waals surface area contributed by atoms with E-state index in [1.165, 1.54) is 22.3 Å². The lowest BCUT2D eigenvalue weighted by atomic mass is 9.93. The normalized spacial score (nSPS) is 12.9. The van der Waals surface area contributed by atoms with Crippen molar-refractivity contribution in [2.75, 3.05) is 32.8 Å². The lowest BCUT2D eigenvalue weighted by Gasteiger charge is -2.32. The minimum Gasteiger partial charge on any atom is -0.380 e. The van der Waals surface area contributed by atoms with E-state index in [0.717, 1.165) is 26.3 Å². The van der Waals surface area contributed by atoms with Crippen LogP contribution in [0.2, 0.25) is 0 Å². The number of ether oxygens (including phenoxy) is 1. The number of nitrogens with zero attached hydrogens (tertiary/aromatic N) is 1. The zero-order chi connectivity index (χ0) is 15.1. The largest absolute Gasteiger partial charge is 0.380 e. The molecule has 1 aromatic rings. The van der Waals surface area contributed by atoms with Crippen molar-refractivity contribution in [2.45, 2.75) is 40.7 Å². The lowest BCUT2D eigenvalue weighted by Crippen LogP contribution is -2.37. The highest BCUT2D eigenvalue weighted by Crippen LogP contribution is 2.27. The van der Waals surface area contributed by atoms with Crippen molar-refractivity contribution in [3.8, 4) is 0 Å². The molecule has 0 amide bonds. The van der Waals surface area contributed by atoms with Crippen LogP contribution in [0, 0.1) is 20.8 Å². The first-order valence-electron chi connectivity index (χ1n) is 7.64. The molecule has 1 aromatic carbocycles. The van der Waals surface area contributed by atoms with E-state index in [2.05, 4.69) is 44.7 Å². The number of hydrogen-bond acceptors (Lipinski definition) is 3. The molecule has 3 heteroatoms. The SMILES string of the molecule is CCOCCN(CC)C(CN)c1c(C)cc(C)cc1C. The minimum absolute atomic E-state index is 0.279. The average molecular weight is 278 g/mol. The number of likely N-dealkylation sites (N-methyl/N-ethyl adjacent to an activating group) is 1. The molecule has 0 radical (unpaired) electrons. The molecule has 20 heavy (non-hydrogen) atoms. The number of aryl methyl sites for hydroxylation is 3. The third-order valence-electron chi connectivity index (χ3n) is 3.87. The zero-order valence-corrected chi connectivity index (χ0v) is 13.7. The molecule has 0 fully saturated rings. The summed E-state index contributed by atoms with van der Waals surface area (Å²) >= 11 is 0. The molecule has 1 unspecified atom stereocenters. The second-order valence-electron chi connectivity index (χ2n) is 5.39. The molecule has 2 N–H and O–H groups in total. The van der Waals surface area contributed by atoms with Gasteiger partial charge in [0.15, 0.2) is 0 Å². The van der Waals surface area contributed by atoms with E-state index in [-0.39, 0.29) is 6.04 Å². The van der Waals surface area contributed by atoms with Gasteiger partial charge in [0.25, 0.3) is 0 Å². The molecule has 0 bridgehead atoms. The third kappa shape index (κ3) is 4.30. The van der Waals surface area contributed by atoms with Crippen LogP contribution >= 0.6 is 0 Å². The predicted octanol–water partition coefficient (Wildman–Crippen LogP) is 2.97. The summed E-state index contributed by atoms with van der Waals surface area (Å²) in [7, 11) is 0. The molecule has 0 aliphatic heterocycles. The fraction of sp³-hybridized carbons (Fsp3) is 0.647. The van der Waals surface area contributed by atoms with E-state index < -0.39 is 0 Å². The predicted molar refractivity (Wildman–Crippen MR) is 86.2 cm³/mol. The maximum atomic E-state index is 6.08. The Bertz CT molecular complexity index is 394. The van der Waals surface area contributed by atoms with Gasteiger partial charge >= 0.3 is 0 Å². The molecular formula is C17H30N2O. The molecule has 0 heterocycles. The van der Waals surface area contributed by atoms with E-state index in [0.29, 0.717) is 6.54 Å². The molecule has 1 atom stereocenters. The van der Waals surface area contributed by atoms with Crippen molar-refractivity contribution in [2.24, 2.45) is 5.73 Å². The number of rotatable bonds is 8. The highest BCUT2D eigenvalue weighted by Gasteiger charge is 2.21. The third-order valence-corrected chi connectivity index (χ3v) is 3.87. The van der Waals surface area contributed by atoms with Crippen molar-refractivity contribution in [1.82, 2.24) is 4.90 Å². The molecule has 0 spiro atoms. The van der Waals surface area contributed by atoms with Gasteiger partial charge in [-0.15, -0.1) is 0 Å². The van der Waals surface area contributed by atoms with Crippen molar-refractivity contribution < 1.29 is 4.74 Å². The van der Waals surface area contributed by atoms with Gasteiger partial charge in [-0.1, -0.05) is 24.6 Å². The molecule has 0 saturated carbocycles. The van der Waals surface area contributed by atoms with Crippen LogP contribution in [0.5, 0.6) is 0 Å². The van der Waals surface area contributed by atoms with Crippen LogP contribution in [0.15, 0.2) is 12.1 Å². The summed E-state index contributed by atoms with van der Waals surface area (Å²) < 4.78 is 5.49. The zero-order valence-electron chi connectivity index (χ0n) is 13.7. The van der Waals surface area contributed by atoms with Gasteiger partial charge in [0.1, 0.15) is 0 Å². The number of hydrogen-bond donors (Lipinski definition) is 1. The second kappa shape index (κ2) is 8.40. The Hall–Kier alpha value is -0.900. The number of nitrogens with two attached hydrogens (primary N) is 1. The minimum atomic E-state index is 0.279. The highest BCUT2D eigenvalue weighted by molar-refractivity contribution is 5.40. The average Bonchev–Trinajstić information content (AvgIpc) is 2.39. The molecule has 0 aromatic heterocycles. The fourth-order valence-electron chi connectivity index (χ4n) is 3.03. The Morgan fingerprint density at radius 3 is 2.20 bits per heavy atom. The van der Waals surface area contributed by atoms with Crippen molar-refractivity contribution in [3.63, 3.8) is 0 Å². The van der Waals surface area contributed by atoms with Gasteiger partial charge < -0.3 is 10.5 Å². The molecule has 114 valence electrons. The van der Waals surface area contributed by atoms with E-state index >= 15 is 0 Å². The van der Waals surface area contributed by atoms with Crippen molar-refractivity contribution >= 4 is 0 Å². The summed E-state index contributed by atoms with van der Waals surface area (Å²) in [5.74, 6) is 0. The second-order valence-corrected chi connectivity index (χ2v) is 5.39. The van der Waals surface area contributed by atoms with Crippen LogP contribution in [-0.2, 0) is 4.74 Å². The summed E-state index contributed by atoms with van der Waals surface area (Å²) in [6.07, 6.45) is 0. The summed E-state index contributed by atoms with van der Waals surface area (Å²) in [6.45, 7) is 14.8. The molecule has 0 saturated heterocycles. The topological polar surface area (TPSA) is 38.5 Å². The van der Waals surface area contributed by atoms with E-state index in [1.807, 2.05) is 6.92 Å². The lowest BCUT2D eigenvalue weighted by molar-refractivity contribution is 0.0978. The van der Waals surface area contributed by atoms with E-state index in [1.54, 1.807) is 0 Å². The Kier molecular flexibility index (Phi) is 7.20. The number of benzene rings is 1. The van der Waals surface area contributed by atoms with Crippen LogP contribution in [0.25, 0.3) is 0 Å². The first-order chi connectivity index (χ1) is 9.54. The summed E-state index contributed by atoms with van der Waals surface area (Å²) in [4.78, 5) is 2.42. The Balaban J connectivity index is 2.98. The Morgan fingerprint density at radius 1 is 1.15 bits per heavy atom. The smallest absolute Gasteiger partial charge is 0.0593 e. The molecule has 3 nitrogen and oxygen atoms in total. The summed E-state index contributed by atoms with van der Waals surface area (Å²) in [5, 5.41) is 0. The molecular weight excluding hydrogens is 248 g/mol. The van der Waals surface area contributed by atoms with Gasteiger partial charge in [0.05, 0.1) is 6.61 Å². The molecule has 0 aliphatic rings. The van der Waals surface area contributed by atoms with Gasteiger partial charge in [0, 0.05) is 25.7 Å². The highest BCUT2D eigenvalue weighted by atomic mass is 16.5. The molecule has 0 aliphatic carbocycles. The van der Waals surface area contributed by atoms with Gasteiger partial charge in [-0.05, 0) is 50.9 Å². The first kappa shape index (κ1) is 17.2. The first-order valence-corrected chi connectivity index (χ1v) is 7.64.